The van der Waals surface area contributed by atoms with Crippen molar-refractivity contribution in [3.8, 4) is 5.75 Å². The Morgan fingerprint density at radius 2 is 2.06 bits per heavy atom. The van der Waals surface area contributed by atoms with Gasteiger partial charge in [0.2, 0.25) is 0 Å². The van der Waals surface area contributed by atoms with Gasteiger partial charge in [-0.3, -0.25) is 0 Å². The van der Waals surface area contributed by atoms with Crippen LogP contribution in [0, 0.1) is 5.41 Å². The highest BCUT2D eigenvalue weighted by atomic mass is 35.5. The predicted octanol–water partition coefficient (Wildman–Crippen LogP) is 4.02. The summed E-state index contributed by atoms with van der Waals surface area (Å²) in [6.45, 7) is 4.27. The van der Waals surface area contributed by atoms with Crippen molar-refractivity contribution in [1.82, 2.24) is 5.32 Å². The second kappa shape index (κ2) is 5.94. The van der Waals surface area contributed by atoms with Gasteiger partial charge in [0.05, 0.1) is 7.11 Å². The lowest BCUT2D eigenvalue weighted by Gasteiger charge is -2.24. The van der Waals surface area contributed by atoms with Crippen molar-refractivity contribution in [2.75, 3.05) is 13.7 Å². The van der Waals surface area contributed by atoms with Crippen LogP contribution in [-0.4, -0.2) is 13.7 Å². The molecule has 0 heterocycles. The number of hydrogen-bond donors (Lipinski definition) is 1. The minimum Gasteiger partial charge on any atom is -0.496 e. The lowest BCUT2D eigenvalue weighted by molar-refractivity contribution is 0.313. The fourth-order valence-corrected chi connectivity index (χ4v) is 2.98. The van der Waals surface area contributed by atoms with E-state index in [4.69, 9.17) is 16.3 Å². The molecule has 0 amide bonds. The molecule has 0 bridgehead atoms. The zero-order valence-electron chi connectivity index (χ0n) is 11.3. The summed E-state index contributed by atoms with van der Waals surface area (Å²) in [5.74, 6) is 0.906. The van der Waals surface area contributed by atoms with Crippen molar-refractivity contribution in [3.05, 3.63) is 28.8 Å². The van der Waals surface area contributed by atoms with Gasteiger partial charge in [-0.05, 0) is 36.5 Å². The van der Waals surface area contributed by atoms with Gasteiger partial charge in [0.25, 0.3) is 0 Å². The van der Waals surface area contributed by atoms with E-state index in [1.165, 1.54) is 25.7 Å². The monoisotopic (exact) mass is 267 g/mol. The second-order valence-corrected chi connectivity index (χ2v) is 6.01. The maximum absolute atomic E-state index is 6.02. The molecule has 0 saturated heterocycles. The smallest absolute Gasteiger partial charge is 0.123 e. The average Bonchev–Trinajstić information content (AvgIpc) is 2.77. The van der Waals surface area contributed by atoms with Gasteiger partial charge in [-0.1, -0.05) is 31.4 Å². The molecule has 0 aromatic heterocycles. The Bertz CT molecular complexity index is 399. The first-order valence-corrected chi connectivity index (χ1v) is 7.04. The van der Waals surface area contributed by atoms with Crippen LogP contribution in [0.1, 0.15) is 38.2 Å². The number of rotatable bonds is 5. The van der Waals surface area contributed by atoms with Gasteiger partial charge in [0.15, 0.2) is 0 Å². The zero-order chi connectivity index (χ0) is 13.0. The van der Waals surface area contributed by atoms with Gasteiger partial charge in [-0.25, -0.2) is 0 Å². The van der Waals surface area contributed by atoms with Gasteiger partial charge in [0.1, 0.15) is 5.75 Å². The van der Waals surface area contributed by atoms with E-state index in [2.05, 4.69) is 12.2 Å². The summed E-state index contributed by atoms with van der Waals surface area (Å²) >= 11 is 6.02. The second-order valence-electron chi connectivity index (χ2n) is 5.58. The first-order chi connectivity index (χ1) is 8.63. The topological polar surface area (TPSA) is 21.3 Å². The maximum Gasteiger partial charge on any atom is 0.123 e. The molecule has 1 fully saturated rings. The lowest BCUT2D eigenvalue weighted by Crippen LogP contribution is -2.29. The summed E-state index contributed by atoms with van der Waals surface area (Å²) in [4.78, 5) is 0. The minimum atomic E-state index is 0.478. The Hall–Kier alpha value is -0.730. The number of ether oxygens (including phenoxy) is 1. The van der Waals surface area contributed by atoms with Crippen LogP contribution in [0.3, 0.4) is 0 Å². The average molecular weight is 268 g/mol. The van der Waals surface area contributed by atoms with Crippen molar-refractivity contribution < 1.29 is 4.74 Å². The predicted molar refractivity (Wildman–Crippen MR) is 76.3 cm³/mol. The summed E-state index contributed by atoms with van der Waals surface area (Å²) in [6, 6.07) is 5.77. The molecule has 2 nitrogen and oxygen atoms in total. The minimum absolute atomic E-state index is 0.478. The molecule has 3 heteroatoms. The van der Waals surface area contributed by atoms with Crippen LogP contribution in [0.25, 0.3) is 0 Å². The summed E-state index contributed by atoms with van der Waals surface area (Å²) in [6.07, 6.45) is 5.43. The Balaban J connectivity index is 1.91. The number of hydrogen-bond acceptors (Lipinski definition) is 2. The Kier molecular flexibility index (Phi) is 4.52. The first-order valence-electron chi connectivity index (χ1n) is 6.66. The van der Waals surface area contributed by atoms with E-state index in [1.54, 1.807) is 7.11 Å². The normalized spacial score (nSPS) is 17.9. The first kappa shape index (κ1) is 13.7. The quantitative estimate of drug-likeness (QED) is 0.870. The summed E-state index contributed by atoms with van der Waals surface area (Å²) in [5.41, 5.74) is 1.61. The standard InChI is InChI=1S/C15H22ClNO/c1-15(7-3-4-8-15)11-17-10-12-9-13(16)5-6-14(12)18-2/h5-6,9,17H,3-4,7-8,10-11H2,1-2H3. The van der Waals surface area contributed by atoms with Gasteiger partial charge >= 0.3 is 0 Å². The molecule has 1 aromatic rings. The van der Waals surface area contributed by atoms with E-state index >= 15 is 0 Å². The number of methoxy groups -OCH3 is 1. The molecule has 0 spiro atoms. The lowest BCUT2D eigenvalue weighted by atomic mass is 9.89. The Morgan fingerprint density at radius 3 is 2.72 bits per heavy atom. The zero-order valence-corrected chi connectivity index (χ0v) is 12.0. The van der Waals surface area contributed by atoms with Crippen LogP contribution in [0.2, 0.25) is 5.02 Å². The summed E-state index contributed by atoms with van der Waals surface area (Å²) in [5, 5.41) is 4.31. The fraction of sp³-hybridized carbons (Fsp3) is 0.600. The van der Waals surface area contributed by atoms with Gasteiger partial charge in [-0.15, -0.1) is 0 Å². The van der Waals surface area contributed by atoms with Crippen molar-refractivity contribution in [1.29, 1.82) is 0 Å². The van der Waals surface area contributed by atoms with Crippen molar-refractivity contribution >= 4 is 11.6 Å². The van der Waals surface area contributed by atoms with Crippen LogP contribution in [0.15, 0.2) is 18.2 Å². The highest BCUT2D eigenvalue weighted by Gasteiger charge is 2.27. The molecular formula is C15H22ClNO. The van der Waals surface area contributed by atoms with E-state index in [0.29, 0.717) is 5.41 Å². The maximum atomic E-state index is 6.02. The van der Waals surface area contributed by atoms with Crippen LogP contribution in [0.4, 0.5) is 0 Å². The number of benzene rings is 1. The van der Waals surface area contributed by atoms with E-state index in [1.807, 2.05) is 18.2 Å². The fourth-order valence-electron chi connectivity index (χ4n) is 2.79. The van der Waals surface area contributed by atoms with Crippen molar-refractivity contribution in [2.45, 2.75) is 39.2 Å². The van der Waals surface area contributed by atoms with Gasteiger partial charge < -0.3 is 10.1 Å². The van der Waals surface area contributed by atoms with E-state index in [9.17, 15) is 0 Å². The molecule has 0 radical (unpaired) electrons. The number of halogens is 1. The Labute approximate surface area is 115 Å². The molecule has 18 heavy (non-hydrogen) atoms. The summed E-state index contributed by atoms with van der Waals surface area (Å²) in [7, 11) is 1.70. The molecule has 1 aliphatic rings. The highest BCUT2D eigenvalue weighted by molar-refractivity contribution is 6.30. The van der Waals surface area contributed by atoms with E-state index in [-0.39, 0.29) is 0 Å². The highest BCUT2D eigenvalue weighted by Crippen LogP contribution is 2.36. The molecule has 0 aliphatic heterocycles. The molecule has 0 unspecified atom stereocenters. The third-order valence-corrected chi connectivity index (χ3v) is 4.16. The molecular weight excluding hydrogens is 246 g/mol. The molecule has 2 rings (SSSR count). The molecule has 1 saturated carbocycles. The third-order valence-electron chi connectivity index (χ3n) is 3.92. The van der Waals surface area contributed by atoms with Crippen LogP contribution in [0.5, 0.6) is 5.75 Å². The van der Waals surface area contributed by atoms with Gasteiger partial charge in [-0.2, -0.15) is 0 Å². The Morgan fingerprint density at radius 1 is 1.33 bits per heavy atom. The van der Waals surface area contributed by atoms with E-state index in [0.717, 1.165) is 29.4 Å². The van der Waals surface area contributed by atoms with Crippen molar-refractivity contribution in [2.24, 2.45) is 5.41 Å². The largest absolute Gasteiger partial charge is 0.496 e. The third kappa shape index (κ3) is 3.39. The van der Waals surface area contributed by atoms with E-state index < -0.39 is 0 Å². The molecule has 0 atom stereocenters. The summed E-state index contributed by atoms with van der Waals surface area (Å²) < 4.78 is 5.35. The van der Waals surface area contributed by atoms with Crippen molar-refractivity contribution in [3.63, 3.8) is 0 Å². The van der Waals surface area contributed by atoms with Crippen LogP contribution >= 0.6 is 11.6 Å². The molecule has 1 N–H and O–H groups in total. The SMILES string of the molecule is COc1ccc(Cl)cc1CNCC1(C)CCCC1. The molecule has 100 valence electrons. The molecule has 1 aromatic carbocycles. The molecule has 1 aliphatic carbocycles. The van der Waals surface area contributed by atoms with Crippen LogP contribution < -0.4 is 10.1 Å². The van der Waals surface area contributed by atoms with Gasteiger partial charge in [0, 0.05) is 23.7 Å². The number of nitrogens with one attached hydrogen (secondary N) is 1. The van der Waals surface area contributed by atoms with Crippen LogP contribution in [-0.2, 0) is 6.54 Å².